The van der Waals surface area contributed by atoms with E-state index in [-0.39, 0.29) is 19.1 Å². The molecule has 0 spiro atoms. The van der Waals surface area contributed by atoms with Crippen molar-refractivity contribution < 1.29 is 18.7 Å². The van der Waals surface area contributed by atoms with Gasteiger partial charge in [0.05, 0.1) is 12.8 Å². The van der Waals surface area contributed by atoms with E-state index in [4.69, 9.17) is 13.9 Å². The van der Waals surface area contributed by atoms with Crippen molar-refractivity contribution in [2.24, 2.45) is 0 Å². The molecule has 28 heavy (non-hydrogen) atoms. The zero-order chi connectivity index (χ0) is 19.9. The molecule has 0 aliphatic carbocycles. The minimum absolute atomic E-state index is 0.0393. The topological polar surface area (TPSA) is 86.5 Å². The fourth-order valence-corrected chi connectivity index (χ4v) is 2.88. The average Bonchev–Trinajstić information content (AvgIpc) is 3.19. The quantitative estimate of drug-likeness (QED) is 0.603. The Balaban J connectivity index is 1.39. The van der Waals surface area contributed by atoms with Crippen LogP contribution in [0.5, 0.6) is 11.6 Å². The van der Waals surface area contributed by atoms with E-state index in [9.17, 15) is 4.79 Å². The number of aromatic nitrogens is 2. The molecule has 7 nitrogen and oxygen atoms in total. The summed E-state index contributed by atoms with van der Waals surface area (Å²) >= 11 is 0. The number of hydrogen-bond acceptors (Lipinski definition) is 6. The summed E-state index contributed by atoms with van der Waals surface area (Å²) in [4.78, 5) is 12.0. The van der Waals surface area contributed by atoms with Gasteiger partial charge in [-0.1, -0.05) is 17.7 Å². The fourth-order valence-electron chi connectivity index (χ4n) is 2.88. The normalized spacial score (nSPS) is 10.5. The molecule has 0 unspecified atom stereocenters. The Morgan fingerprint density at radius 3 is 2.50 bits per heavy atom. The van der Waals surface area contributed by atoms with Crippen LogP contribution in [0.3, 0.4) is 0 Å². The van der Waals surface area contributed by atoms with Crippen LogP contribution in [-0.4, -0.2) is 35.9 Å². The molecule has 0 atom stereocenters. The first-order valence-electron chi connectivity index (χ1n) is 9.00. The fraction of sp³-hybridized carbons (Fsp3) is 0.286. The number of ether oxygens (including phenoxy) is 2. The number of furan rings is 1. The number of rotatable bonds is 8. The van der Waals surface area contributed by atoms with Crippen molar-refractivity contribution in [3.63, 3.8) is 0 Å². The number of nitrogens with zero attached hydrogens (tertiary/aromatic N) is 2. The van der Waals surface area contributed by atoms with E-state index in [2.05, 4.69) is 15.5 Å². The highest BCUT2D eigenvalue weighted by atomic mass is 16.5. The van der Waals surface area contributed by atoms with Crippen molar-refractivity contribution in [1.29, 1.82) is 0 Å². The summed E-state index contributed by atoms with van der Waals surface area (Å²) in [5.74, 6) is 1.57. The second-order valence-corrected chi connectivity index (χ2v) is 6.45. The lowest BCUT2D eigenvalue weighted by Crippen LogP contribution is -2.32. The molecule has 3 aromatic rings. The molecule has 0 aliphatic rings. The Labute approximate surface area is 163 Å². The van der Waals surface area contributed by atoms with E-state index in [1.165, 1.54) is 5.56 Å². The van der Waals surface area contributed by atoms with E-state index < -0.39 is 0 Å². The number of amides is 1. The Morgan fingerprint density at radius 1 is 1.07 bits per heavy atom. The summed E-state index contributed by atoms with van der Waals surface area (Å²) in [6, 6.07) is 11.1. The summed E-state index contributed by atoms with van der Waals surface area (Å²) < 4.78 is 16.4. The molecule has 0 aliphatic heterocycles. The maximum absolute atomic E-state index is 12.0. The number of nitrogens with one attached hydrogen (secondary N) is 1. The molecule has 1 aromatic carbocycles. The van der Waals surface area contributed by atoms with Gasteiger partial charge in [-0.25, -0.2) is 0 Å². The number of benzene rings is 1. The van der Waals surface area contributed by atoms with Gasteiger partial charge < -0.3 is 19.2 Å². The maximum Gasteiger partial charge on any atom is 0.258 e. The SMILES string of the molecule is Cc1cc(C)c(OCC(=O)NCCOc2ccc(-c3ccco3)nn2)c(C)c1. The van der Waals surface area contributed by atoms with Crippen molar-refractivity contribution in [1.82, 2.24) is 15.5 Å². The smallest absolute Gasteiger partial charge is 0.258 e. The molecule has 7 heteroatoms. The van der Waals surface area contributed by atoms with Crippen LogP contribution in [-0.2, 0) is 4.79 Å². The highest BCUT2D eigenvalue weighted by Gasteiger charge is 2.08. The van der Waals surface area contributed by atoms with E-state index in [1.807, 2.05) is 39.0 Å². The highest BCUT2D eigenvalue weighted by Crippen LogP contribution is 2.24. The van der Waals surface area contributed by atoms with Crippen molar-refractivity contribution in [3.8, 4) is 23.1 Å². The van der Waals surface area contributed by atoms with Crippen molar-refractivity contribution in [2.45, 2.75) is 20.8 Å². The van der Waals surface area contributed by atoms with Gasteiger partial charge >= 0.3 is 0 Å². The van der Waals surface area contributed by atoms with E-state index in [1.54, 1.807) is 24.5 Å². The first-order valence-corrected chi connectivity index (χ1v) is 9.00. The predicted molar refractivity (Wildman–Crippen MR) is 104 cm³/mol. The number of carbonyl (C=O) groups excluding carboxylic acids is 1. The van der Waals surface area contributed by atoms with Gasteiger partial charge in [0.2, 0.25) is 5.88 Å². The van der Waals surface area contributed by atoms with Crippen LogP contribution in [0.1, 0.15) is 16.7 Å². The molecule has 0 fully saturated rings. The average molecular weight is 381 g/mol. The Kier molecular flexibility index (Phi) is 6.26. The molecule has 0 saturated heterocycles. The van der Waals surface area contributed by atoms with Gasteiger partial charge in [-0.2, -0.15) is 0 Å². The van der Waals surface area contributed by atoms with Crippen LogP contribution < -0.4 is 14.8 Å². The lowest BCUT2D eigenvalue weighted by Gasteiger charge is -2.13. The van der Waals surface area contributed by atoms with E-state index in [0.29, 0.717) is 23.9 Å². The summed E-state index contributed by atoms with van der Waals surface area (Å²) in [6.07, 6.45) is 1.58. The maximum atomic E-state index is 12.0. The Bertz CT molecular complexity index is 898. The Hall–Kier alpha value is -3.35. The molecule has 146 valence electrons. The van der Waals surface area contributed by atoms with Crippen molar-refractivity contribution in [3.05, 3.63) is 59.4 Å². The number of hydrogen-bond donors (Lipinski definition) is 1. The van der Waals surface area contributed by atoms with Gasteiger partial charge in [0.25, 0.3) is 5.91 Å². The molecule has 0 radical (unpaired) electrons. The zero-order valence-corrected chi connectivity index (χ0v) is 16.2. The standard InChI is InChI=1S/C21H23N3O4/c1-14-11-15(2)21(16(3)12-14)28-13-19(25)22-8-10-27-20-7-6-17(23-24-20)18-5-4-9-26-18/h4-7,9,11-12H,8,10,13H2,1-3H3,(H,22,25). The summed E-state index contributed by atoms with van der Waals surface area (Å²) in [7, 11) is 0. The lowest BCUT2D eigenvalue weighted by atomic mass is 10.1. The van der Waals surface area contributed by atoms with Gasteiger partial charge in [0.1, 0.15) is 18.1 Å². The van der Waals surface area contributed by atoms with Crippen LogP contribution in [0.15, 0.2) is 47.1 Å². The van der Waals surface area contributed by atoms with E-state index >= 15 is 0 Å². The van der Waals surface area contributed by atoms with Gasteiger partial charge in [-0.3, -0.25) is 4.79 Å². The summed E-state index contributed by atoms with van der Waals surface area (Å²) in [6.45, 7) is 6.56. The zero-order valence-electron chi connectivity index (χ0n) is 16.2. The van der Waals surface area contributed by atoms with Gasteiger partial charge in [-0.15, -0.1) is 10.2 Å². The second kappa shape index (κ2) is 9.03. The predicted octanol–water partition coefficient (Wildman–Crippen LogP) is 3.24. The van der Waals surface area contributed by atoms with Gasteiger partial charge in [0.15, 0.2) is 12.4 Å². The molecular weight excluding hydrogens is 358 g/mol. The third-order valence-corrected chi connectivity index (χ3v) is 4.04. The number of aryl methyl sites for hydroxylation is 3. The van der Waals surface area contributed by atoms with Crippen LogP contribution in [0, 0.1) is 20.8 Å². The molecular formula is C21H23N3O4. The van der Waals surface area contributed by atoms with E-state index in [0.717, 1.165) is 16.9 Å². The molecule has 0 bridgehead atoms. The largest absolute Gasteiger partial charge is 0.483 e. The summed E-state index contributed by atoms with van der Waals surface area (Å²) in [5, 5.41) is 10.8. The molecule has 1 N–H and O–H groups in total. The molecule has 2 heterocycles. The molecule has 0 saturated carbocycles. The molecule has 1 amide bonds. The first kappa shape index (κ1) is 19.4. The third kappa shape index (κ3) is 5.09. The minimum Gasteiger partial charge on any atom is -0.483 e. The van der Waals surface area contributed by atoms with Gasteiger partial charge in [-0.05, 0) is 50.1 Å². The molecule has 3 rings (SSSR count). The first-order chi connectivity index (χ1) is 13.5. The van der Waals surface area contributed by atoms with Crippen LogP contribution in [0.4, 0.5) is 0 Å². The minimum atomic E-state index is -0.206. The highest BCUT2D eigenvalue weighted by molar-refractivity contribution is 5.77. The number of carbonyl (C=O) groups is 1. The van der Waals surface area contributed by atoms with Crippen molar-refractivity contribution >= 4 is 5.91 Å². The van der Waals surface area contributed by atoms with Crippen LogP contribution >= 0.6 is 0 Å². The van der Waals surface area contributed by atoms with Gasteiger partial charge in [0, 0.05) is 6.07 Å². The Morgan fingerprint density at radius 2 is 1.86 bits per heavy atom. The molecule has 2 aromatic heterocycles. The second-order valence-electron chi connectivity index (χ2n) is 6.45. The van der Waals surface area contributed by atoms with Crippen molar-refractivity contribution in [2.75, 3.05) is 19.8 Å². The van der Waals surface area contributed by atoms with Crippen LogP contribution in [0.2, 0.25) is 0 Å². The van der Waals surface area contributed by atoms with Crippen LogP contribution in [0.25, 0.3) is 11.5 Å². The third-order valence-electron chi connectivity index (χ3n) is 4.04. The summed E-state index contributed by atoms with van der Waals surface area (Å²) in [5.41, 5.74) is 3.84. The lowest BCUT2D eigenvalue weighted by molar-refractivity contribution is -0.123. The monoisotopic (exact) mass is 381 g/mol.